The van der Waals surface area contributed by atoms with Gasteiger partial charge in [-0.15, -0.1) is 5.10 Å². The highest BCUT2D eigenvalue weighted by Gasteiger charge is 2.12. The van der Waals surface area contributed by atoms with E-state index in [-0.39, 0.29) is 5.95 Å². The van der Waals surface area contributed by atoms with Crippen LogP contribution in [0.2, 0.25) is 0 Å². The normalized spacial score (nSPS) is 10.7. The van der Waals surface area contributed by atoms with Crippen LogP contribution in [0.3, 0.4) is 0 Å². The predicted molar refractivity (Wildman–Crippen MR) is 74.5 cm³/mol. The number of para-hydroxylation sites is 1. The molecule has 0 aliphatic heterocycles. The maximum Gasteiger partial charge on any atom is 0.221 e. The molecule has 7 nitrogen and oxygen atoms in total. The smallest absolute Gasteiger partial charge is 0.221 e. The van der Waals surface area contributed by atoms with Crippen LogP contribution < -0.4 is 5.73 Å². The van der Waals surface area contributed by atoms with Crippen molar-refractivity contribution in [2.45, 2.75) is 17.1 Å². The molecule has 0 spiro atoms. The van der Waals surface area contributed by atoms with Crippen molar-refractivity contribution in [1.29, 1.82) is 0 Å². The summed E-state index contributed by atoms with van der Waals surface area (Å²) in [6, 6.07) is 9.66. The van der Waals surface area contributed by atoms with Crippen LogP contribution in [0.25, 0.3) is 5.69 Å². The van der Waals surface area contributed by atoms with Gasteiger partial charge in [-0.2, -0.15) is 4.68 Å². The lowest BCUT2D eigenvalue weighted by molar-refractivity contribution is 0.755. The Kier molecular flexibility index (Phi) is 3.30. The Morgan fingerprint density at radius 3 is 2.80 bits per heavy atom. The van der Waals surface area contributed by atoms with Gasteiger partial charge in [-0.05, 0) is 41.2 Å². The highest BCUT2D eigenvalue weighted by Crippen LogP contribution is 2.27. The average Bonchev–Trinajstić information content (AvgIpc) is 2.92. The van der Waals surface area contributed by atoms with Crippen molar-refractivity contribution < 1.29 is 0 Å². The SMILES string of the molecule is Cc1cnc(N)nc1Sc1nnnn1-c1ccccc1. The molecule has 3 rings (SSSR count). The molecule has 2 heterocycles. The molecule has 0 aliphatic carbocycles. The Morgan fingerprint density at radius 2 is 2.00 bits per heavy atom. The second-order valence-corrected chi connectivity index (χ2v) is 4.98. The van der Waals surface area contributed by atoms with Crippen molar-refractivity contribution in [3.63, 3.8) is 0 Å². The molecular weight excluding hydrogens is 274 g/mol. The van der Waals surface area contributed by atoms with Crippen molar-refractivity contribution in [2.75, 3.05) is 5.73 Å². The number of hydrogen-bond donors (Lipinski definition) is 1. The molecule has 0 amide bonds. The maximum atomic E-state index is 5.61. The Balaban J connectivity index is 1.97. The van der Waals surface area contributed by atoms with Crippen LogP contribution in [-0.2, 0) is 0 Å². The Labute approximate surface area is 119 Å². The number of nitrogens with zero attached hydrogens (tertiary/aromatic N) is 6. The molecule has 0 atom stereocenters. The van der Waals surface area contributed by atoms with E-state index in [1.807, 2.05) is 37.3 Å². The minimum atomic E-state index is 0.233. The van der Waals surface area contributed by atoms with Crippen LogP contribution in [0.15, 0.2) is 46.7 Å². The third kappa shape index (κ3) is 2.45. The molecule has 0 bridgehead atoms. The average molecular weight is 285 g/mol. The second kappa shape index (κ2) is 5.25. The molecule has 8 heteroatoms. The Bertz CT molecular complexity index is 726. The summed E-state index contributed by atoms with van der Waals surface area (Å²) in [5.41, 5.74) is 7.42. The summed E-state index contributed by atoms with van der Waals surface area (Å²) in [5, 5.41) is 13.1. The number of nitrogens with two attached hydrogens (primary N) is 1. The lowest BCUT2D eigenvalue weighted by atomic mass is 10.3. The summed E-state index contributed by atoms with van der Waals surface area (Å²) in [4.78, 5) is 8.15. The molecule has 3 aromatic rings. The van der Waals surface area contributed by atoms with Gasteiger partial charge < -0.3 is 5.73 Å². The lowest BCUT2D eigenvalue weighted by Gasteiger charge is -2.05. The van der Waals surface area contributed by atoms with Gasteiger partial charge in [0.25, 0.3) is 0 Å². The van der Waals surface area contributed by atoms with E-state index in [9.17, 15) is 0 Å². The number of aryl methyl sites for hydroxylation is 1. The third-order valence-electron chi connectivity index (χ3n) is 2.57. The summed E-state index contributed by atoms with van der Waals surface area (Å²) in [5.74, 6) is 0.233. The van der Waals surface area contributed by atoms with Gasteiger partial charge in [0.2, 0.25) is 11.1 Å². The summed E-state index contributed by atoms with van der Waals surface area (Å²) in [7, 11) is 0. The van der Waals surface area contributed by atoms with Crippen LogP contribution in [0, 0.1) is 6.92 Å². The van der Waals surface area contributed by atoms with Gasteiger partial charge in [0.1, 0.15) is 5.03 Å². The number of benzene rings is 1. The number of tetrazole rings is 1. The summed E-state index contributed by atoms with van der Waals surface area (Å²) in [6.45, 7) is 1.92. The van der Waals surface area contributed by atoms with Crippen LogP contribution in [-0.4, -0.2) is 30.2 Å². The minimum absolute atomic E-state index is 0.233. The fourth-order valence-electron chi connectivity index (χ4n) is 1.60. The molecule has 0 aliphatic rings. The van der Waals surface area contributed by atoms with Crippen LogP contribution in [0.4, 0.5) is 5.95 Å². The zero-order valence-electron chi connectivity index (χ0n) is 10.6. The number of anilines is 1. The highest BCUT2D eigenvalue weighted by atomic mass is 32.2. The number of aromatic nitrogens is 6. The highest BCUT2D eigenvalue weighted by molar-refractivity contribution is 7.99. The third-order valence-corrected chi connectivity index (χ3v) is 3.62. The van der Waals surface area contributed by atoms with E-state index < -0.39 is 0 Å². The van der Waals surface area contributed by atoms with Gasteiger partial charge in [0.05, 0.1) is 5.69 Å². The minimum Gasteiger partial charge on any atom is -0.368 e. The van der Waals surface area contributed by atoms with E-state index in [1.165, 1.54) is 11.8 Å². The first-order valence-corrected chi connectivity index (χ1v) is 6.66. The monoisotopic (exact) mass is 285 g/mol. The molecule has 100 valence electrons. The van der Waals surface area contributed by atoms with Gasteiger partial charge in [0, 0.05) is 11.8 Å². The molecular formula is C12H11N7S. The molecule has 0 saturated carbocycles. The number of rotatable bonds is 3. The topological polar surface area (TPSA) is 95.4 Å². The first kappa shape index (κ1) is 12.5. The lowest BCUT2D eigenvalue weighted by Crippen LogP contribution is -2.01. The Hall–Kier alpha value is -2.48. The van der Waals surface area contributed by atoms with Gasteiger partial charge >= 0.3 is 0 Å². The van der Waals surface area contributed by atoms with E-state index in [2.05, 4.69) is 25.5 Å². The molecule has 0 fully saturated rings. The van der Waals surface area contributed by atoms with E-state index in [0.717, 1.165) is 16.3 Å². The van der Waals surface area contributed by atoms with Gasteiger partial charge in [0.15, 0.2) is 0 Å². The largest absolute Gasteiger partial charge is 0.368 e. The molecule has 2 N–H and O–H groups in total. The standard InChI is InChI=1S/C12H11N7S/c1-8-7-14-11(13)15-10(8)20-12-16-17-18-19(12)9-5-3-2-4-6-9/h2-7H,1H3,(H2,13,14,15). The Morgan fingerprint density at radius 1 is 1.20 bits per heavy atom. The van der Waals surface area contributed by atoms with Crippen molar-refractivity contribution in [1.82, 2.24) is 30.2 Å². The van der Waals surface area contributed by atoms with Gasteiger partial charge in [-0.3, -0.25) is 0 Å². The molecule has 2 aromatic heterocycles. The van der Waals surface area contributed by atoms with E-state index in [0.29, 0.717) is 5.16 Å². The second-order valence-electron chi connectivity index (χ2n) is 4.03. The zero-order chi connectivity index (χ0) is 13.9. The molecule has 20 heavy (non-hydrogen) atoms. The van der Waals surface area contributed by atoms with Crippen molar-refractivity contribution in [3.8, 4) is 5.69 Å². The molecule has 0 saturated heterocycles. The molecule has 0 radical (unpaired) electrons. The van der Waals surface area contributed by atoms with Crippen molar-refractivity contribution in [3.05, 3.63) is 42.1 Å². The van der Waals surface area contributed by atoms with Crippen molar-refractivity contribution >= 4 is 17.7 Å². The molecule has 0 unspecified atom stereocenters. The summed E-state index contributed by atoms with van der Waals surface area (Å²) < 4.78 is 1.66. The van der Waals surface area contributed by atoms with E-state index in [1.54, 1.807) is 10.9 Å². The zero-order valence-corrected chi connectivity index (χ0v) is 11.4. The van der Waals surface area contributed by atoms with Gasteiger partial charge in [-0.25, -0.2) is 9.97 Å². The van der Waals surface area contributed by atoms with Crippen molar-refractivity contribution in [2.24, 2.45) is 0 Å². The number of hydrogen-bond acceptors (Lipinski definition) is 7. The maximum absolute atomic E-state index is 5.61. The molecule has 1 aromatic carbocycles. The quantitative estimate of drug-likeness (QED) is 0.728. The fraction of sp³-hybridized carbons (Fsp3) is 0.0833. The van der Waals surface area contributed by atoms with Crippen LogP contribution >= 0.6 is 11.8 Å². The fourth-order valence-corrected chi connectivity index (χ4v) is 2.43. The first-order valence-electron chi connectivity index (χ1n) is 5.85. The van der Waals surface area contributed by atoms with Crippen LogP contribution in [0.1, 0.15) is 5.56 Å². The summed E-state index contributed by atoms with van der Waals surface area (Å²) in [6.07, 6.45) is 1.68. The number of nitrogen functional groups attached to an aromatic ring is 1. The van der Waals surface area contributed by atoms with E-state index in [4.69, 9.17) is 5.73 Å². The van der Waals surface area contributed by atoms with Crippen LogP contribution in [0.5, 0.6) is 0 Å². The first-order chi connectivity index (χ1) is 9.74. The van der Waals surface area contributed by atoms with Gasteiger partial charge in [-0.1, -0.05) is 18.2 Å². The van der Waals surface area contributed by atoms with E-state index >= 15 is 0 Å². The summed E-state index contributed by atoms with van der Waals surface area (Å²) >= 11 is 1.35. The predicted octanol–water partition coefficient (Wildman–Crippen LogP) is 1.49.